The van der Waals surface area contributed by atoms with Crippen molar-refractivity contribution < 1.29 is 15.0 Å². The van der Waals surface area contributed by atoms with Crippen molar-refractivity contribution in [2.24, 2.45) is 0 Å². The first-order chi connectivity index (χ1) is 6.70. The van der Waals surface area contributed by atoms with Crippen LogP contribution in [-0.2, 0) is 0 Å². The second kappa shape index (κ2) is 2.99. The van der Waals surface area contributed by atoms with Crippen LogP contribution in [0.25, 0.3) is 10.9 Å². The predicted octanol–water partition coefficient (Wildman–Crippen LogP) is 0.805. The van der Waals surface area contributed by atoms with Crippen molar-refractivity contribution >= 4 is 16.9 Å². The van der Waals surface area contributed by atoms with Gasteiger partial charge >= 0.3 is 5.97 Å². The van der Waals surface area contributed by atoms with Gasteiger partial charge < -0.3 is 10.2 Å². The van der Waals surface area contributed by atoms with Crippen molar-refractivity contribution in [2.45, 2.75) is 0 Å². The first-order valence-electron chi connectivity index (χ1n) is 4.03. The van der Waals surface area contributed by atoms with E-state index >= 15 is 0 Å². The van der Waals surface area contributed by atoms with Gasteiger partial charge in [0.05, 0.1) is 0 Å². The second-order valence-electron chi connectivity index (χ2n) is 2.87. The van der Waals surface area contributed by atoms with E-state index in [1.807, 2.05) is 0 Å². The van der Waals surface area contributed by atoms with E-state index < -0.39 is 5.97 Å². The zero-order valence-electron chi connectivity index (χ0n) is 7.19. The Kier molecular flexibility index (Phi) is 1.81. The summed E-state index contributed by atoms with van der Waals surface area (Å²) in [6, 6.07) is 6.60. The summed E-state index contributed by atoms with van der Waals surface area (Å²) in [5, 5.41) is 17.3. The van der Waals surface area contributed by atoms with Crippen LogP contribution in [0.4, 0.5) is 0 Å². The van der Waals surface area contributed by atoms with E-state index in [1.165, 1.54) is 12.3 Å². The summed E-state index contributed by atoms with van der Waals surface area (Å²) in [7, 11) is 0. The fourth-order valence-electron chi connectivity index (χ4n) is 1.31. The van der Waals surface area contributed by atoms with Gasteiger partial charge in [-0.2, -0.15) is 0 Å². The molecule has 0 amide bonds. The van der Waals surface area contributed by atoms with Crippen LogP contribution in [-0.4, -0.2) is 21.2 Å². The molecule has 0 bridgehead atoms. The molecule has 4 nitrogen and oxygen atoms in total. The summed E-state index contributed by atoms with van der Waals surface area (Å²) in [5.74, 6) is -1.13. The third kappa shape index (κ3) is 1.17. The Labute approximate surface area is 79.4 Å². The summed E-state index contributed by atoms with van der Waals surface area (Å²) in [4.78, 5) is 14.7. The third-order valence-electron chi connectivity index (χ3n) is 1.99. The Balaban J connectivity index is 2.81. The van der Waals surface area contributed by atoms with Gasteiger partial charge in [0, 0.05) is 16.4 Å². The quantitative estimate of drug-likeness (QED) is 0.676. The average molecular weight is 190 g/mol. The molecule has 70 valence electrons. The number of rotatable bonds is 1. The number of pyridine rings is 1. The molecule has 4 heteroatoms. The van der Waals surface area contributed by atoms with Crippen LogP contribution in [0, 0.1) is 0 Å². The lowest BCUT2D eigenvalue weighted by Crippen LogP contribution is -1.97. The first kappa shape index (κ1) is 8.50. The van der Waals surface area contributed by atoms with E-state index in [1.54, 1.807) is 18.2 Å². The van der Waals surface area contributed by atoms with Crippen LogP contribution >= 0.6 is 0 Å². The number of carbonyl (C=O) groups excluding carboxylic acids is 1. The van der Waals surface area contributed by atoms with Crippen LogP contribution in [0.2, 0.25) is 0 Å². The minimum Gasteiger partial charge on any atom is -0.561 e. The zero-order chi connectivity index (χ0) is 10.1. The molecule has 14 heavy (non-hydrogen) atoms. The monoisotopic (exact) mass is 190 g/mol. The first-order valence-corrected chi connectivity index (χ1v) is 4.03. The molecule has 1 aromatic heterocycles. The van der Waals surface area contributed by atoms with Gasteiger partial charge in [-0.05, 0) is 12.1 Å². The molecule has 0 saturated carbocycles. The molecule has 0 fully saturated rings. The minimum absolute atomic E-state index is 0.0174. The molecule has 0 aliphatic carbocycles. The fraction of sp³-hybridized carbons (Fsp3) is 0. The highest BCUT2D eigenvalue weighted by Gasteiger charge is 2.18. The molecule has 1 heterocycles. The largest absolute Gasteiger partial charge is 0.561 e. The molecule has 0 saturated heterocycles. The lowest BCUT2D eigenvalue weighted by Gasteiger charge is -2.00. The topological polar surface area (TPSA) is 73.1 Å². The van der Waals surface area contributed by atoms with Crippen molar-refractivity contribution in [3.8, 4) is 5.75 Å². The molecule has 0 atom stereocenters. The summed E-state index contributed by atoms with van der Waals surface area (Å²) >= 11 is 0. The normalized spacial score (nSPS) is 10.3. The number of hydrogen-bond acceptors (Lipinski definition) is 3. The van der Waals surface area contributed by atoms with Gasteiger partial charge in [-0.15, -0.1) is 0 Å². The van der Waals surface area contributed by atoms with E-state index in [-0.39, 0.29) is 11.3 Å². The van der Waals surface area contributed by atoms with E-state index in [9.17, 15) is 9.90 Å². The number of fused-ring (bicyclic) bond motifs is 1. The maximum atomic E-state index is 10.8. The SMILES string of the molecule is O=C([OH2+])c1ccc2cccnc2c1O. The lowest BCUT2D eigenvalue weighted by molar-refractivity contribution is 0.0694. The van der Waals surface area contributed by atoms with Crippen molar-refractivity contribution in [3.05, 3.63) is 36.0 Å². The second-order valence-corrected chi connectivity index (χ2v) is 2.87. The van der Waals surface area contributed by atoms with Gasteiger partial charge in [0.25, 0.3) is 0 Å². The number of nitrogens with zero attached hydrogens (tertiary/aromatic N) is 1. The van der Waals surface area contributed by atoms with Crippen molar-refractivity contribution in [2.75, 3.05) is 0 Å². The van der Waals surface area contributed by atoms with Crippen molar-refractivity contribution in [1.29, 1.82) is 0 Å². The van der Waals surface area contributed by atoms with Gasteiger partial charge in [0.15, 0.2) is 11.3 Å². The van der Waals surface area contributed by atoms with E-state index in [4.69, 9.17) is 5.11 Å². The van der Waals surface area contributed by atoms with Gasteiger partial charge in [-0.1, -0.05) is 12.1 Å². The number of phenols is 1. The number of carbonyl (C=O) groups is 1. The minimum atomic E-state index is -0.907. The Morgan fingerprint density at radius 3 is 2.86 bits per heavy atom. The Morgan fingerprint density at radius 1 is 1.36 bits per heavy atom. The van der Waals surface area contributed by atoms with Crippen molar-refractivity contribution in [1.82, 2.24) is 4.98 Å². The highest BCUT2D eigenvalue weighted by molar-refractivity contribution is 5.98. The molecule has 0 radical (unpaired) electrons. The lowest BCUT2D eigenvalue weighted by atomic mass is 10.1. The fourth-order valence-corrected chi connectivity index (χ4v) is 1.31. The Bertz CT molecular complexity index is 508. The number of aromatic hydroxyl groups is 1. The molecule has 3 N–H and O–H groups in total. The van der Waals surface area contributed by atoms with Crippen LogP contribution < -0.4 is 0 Å². The average Bonchev–Trinajstić information content (AvgIpc) is 2.18. The van der Waals surface area contributed by atoms with E-state index in [0.717, 1.165) is 5.39 Å². The smallest absolute Gasteiger partial charge is 0.553 e. The van der Waals surface area contributed by atoms with E-state index in [2.05, 4.69) is 4.98 Å². The number of aromatic nitrogens is 1. The number of phenolic OH excluding ortho intramolecular Hbond substituents is 1. The summed E-state index contributed by atoms with van der Waals surface area (Å²) in [6.45, 7) is 0. The standard InChI is InChI=1S/C10H7NO3/c12-9-7(10(13)14)4-3-6-2-1-5-11-8(6)9/h1-5,12H,(H,13,14)/p+1. The Hall–Kier alpha value is -2.10. The molecular formula is C10H8NO3+. The maximum Gasteiger partial charge on any atom is 0.553 e. The molecule has 0 unspecified atom stereocenters. The van der Waals surface area contributed by atoms with Gasteiger partial charge in [0.2, 0.25) is 0 Å². The third-order valence-corrected chi connectivity index (χ3v) is 1.99. The Morgan fingerprint density at radius 2 is 2.14 bits per heavy atom. The number of benzene rings is 1. The van der Waals surface area contributed by atoms with Crippen molar-refractivity contribution in [3.63, 3.8) is 0 Å². The maximum absolute atomic E-state index is 10.8. The van der Waals surface area contributed by atoms with Gasteiger partial charge in [-0.25, -0.2) is 0 Å². The molecule has 2 aromatic rings. The van der Waals surface area contributed by atoms with Crippen LogP contribution in [0.5, 0.6) is 5.75 Å². The molecular weight excluding hydrogens is 182 g/mol. The predicted molar refractivity (Wildman–Crippen MR) is 51.4 cm³/mol. The summed E-state index contributed by atoms with van der Waals surface area (Å²) < 4.78 is 0. The molecule has 0 spiro atoms. The van der Waals surface area contributed by atoms with E-state index in [0.29, 0.717) is 5.52 Å². The van der Waals surface area contributed by atoms with Gasteiger partial charge in [0.1, 0.15) is 5.52 Å². The zero-order valence-corrected chi connectivity index (χ0v) is 7.19. The summed E-state index contributed by atoms with van der Waals surface area (Å²) in [6.07, 6.45) is 1.53. The highest BCUT2D eigenvalue weighted by atomic mass is 16.4. The molecule has 1 aromatic carbocycles. The molecule has 2 rings (SSSR count). The molecule has 0 aliphatic rings. The number of hydrogen-bond donors (Lipinski definition) is 1. The van der Waals surface area contributed by atoms with Crippen LogP contribution in [0.1, 0.15) is 10.4 Å². The van der Waals surface area contributed by atoms with Gasteiger partial charge in [-0.3, -0.25) is 4.98 Å². The van der Waals surface area contributed by atoms with Crippen LogP contribution in [0.15, 0.2) is 30.5 Å². The van der Waals surface area contributed by atoms with Crippen LogP contribution in [0.3, 0.4) is 0 Å². The summed E-state index contributed by atoms with van der Waals surface area (Å²) in [5.41, 5.74) is 0.335. The highest BCUT2D eigenvalue weighted by Crippen LogP contribution is 2.26. The molecule has 0 aliphatic heterocycles.